The van der Waals surface area contributed by atoms with Crippen LogP contribution >= 0.6 is 0 Å². The van der Waals surface area contributed by atoms with Crippen molar-refractivity contribution in [3.05, 3.63) is 54.0 Å². The van der Waals surface area contributed by atoms with Crippen molar-refractivity contribution >= 4 is 5.78 Å². The minimum absolute atomic E-state index is 0.0929. The maximum absolute atomic E-state index is 12.0. The van der Waals surface area contributed by atoms with Gasteiger partial charge < -0.3 is 9.88 Å². The molecule has 0 fully saturated rings. The van der Waals surface area contributed by atoms with E-state index >= 15 is 0 Å². The van der Waals surface area contributed by atoms with Crippen molar-refractivity contribution in [3.8, 4) is 11.4 Å². The number of aromatic amines is 1. The van der Waals surface area contributed by atoms with Crippen molar-refractivity contribution in [2.24, 2.45) is 0 Å². The first-order valence-electron chi connectivity index (χ1n) is 6.09. The molecule has 0 atom stereocenters. The molecule has 2 rings (SSSR count). The summed E-state index contributed by atoms with van der Waals surface area (Å²) in [5.74, 6) is 0.629. The molecule has 4 nitrogen and oxygen atoms in total. The van der Waals surface area contributed by atoms with Gasteiger partial charge in [0.2, 0.25) is 5.78 Å². The number of ketones is 1. The number of nitrogens with one attached hydrogen (secondary N) is 1. The van der Waals surface area contributed by atoms with E-state index in [1.54, 1.807) is 6.20 Å². The molecule has 1 N–H and O–H groups in total. The summed E-state index contributed by atoms with van der Waals surface area (Å²) in [7, 11) is 3.74. The maximum atomic E-state index is 12.0. The lowest BCUT2D eigenvalue weighted by Crippen LogP contribution is -2.04. The van der Waals surface area contributed by atoms with Gasteiger partial charge in [-0.25, -0.2) is 4.98 Å². The molecule has 0 saturated heterocycles. The van der Waals surface area contributed by atoms with E-state index in [9.17, 15) is 4.79 Å². The molecule has 0 spiro atoms. The Kier molecular flexibility index (Phi) is 3.80. The van der Waals surface area contributed by atoms with Crippen molar-refractivity contribution < 1.29 is 4.79 Å². The summed E-state index contributed by atoms with van der Waals surface area (Å²) in [5.41, 5.74) is 2.23. The third-order valence-corrected chi connectivity index (χ3v) is 2.69. The zero-order valence-electron chi connectivity index (χ0n) is 11.3. The predicted octanol–water partition coefficient (Wildman–Crippen LogP) is 2.64. The summed E-state index contributed by atoms with van der Waals surface area (Å²) in [6.45, 7) is 1.86. The quantitative estimate of drug-likeness (QED) is 0.675. The summed E-state index contributed by atoms with van der Waals surface area (Å²) in [6.07, 6.45) is 3.25. The molecule has 0 amide bonds. The van der Waals surface area contributed by atoms with E-state index in [1.165, 1.54) is 6.08 Å². The van der Waals surface area contributed by atoms with E-state index in [0.29, 0.717) is 5.69 Å². The van der Waals surface area contributed by atoms with E-state index in [4.69, 9.17) is 0 Å². The monoisotopic (exact) mass is 255 g/mol. The number of benzene rings is 1. The second-order valence-electron chi connectivity index (χ2n) is 4.57. The predicted molar refractivity (Wildman–Crippen MR) is 75.9 cm³/mol. The standard InChI is InChI=1S/C15H17N3O/c1-11-14(13(19)9-10-18(2)3)17-15(16-11)12-7-5-4-6-8-12/h4-10H,1-3H3,(H,16,17). The number of rotatable bonds is 4. The fourth-order valence-corrected chi connectivity index (χ4v) is 1.73. The lowest BCUT2D eigenvalue weighted by molar-refractivity contribution is 0.104. The van der Waals surface area contributed by atoms with Crippen LogP contribution in [-0.4, -0.2) is 34.7 Å². The molecule has 1 heterocycles. The maximum Gasteiger partial charge on any atom is 0.207 e. The molecular formula is C15H17N3O. The summed E-state index contributed by atoms with van der Waals surface area (Å²) in [6, 6.07) is 9.76. The number of imidazole rings is 1. The van der Waals surface area contributed by atoms with Crippen LogP contribution in [0.4, 0.5) is 0 Å². The molecule has 0 unspecified atom stereocenters. The number of nitrogens with zero attached hydrogens (tertiary/aromatic N) is 2. The summed E-state index contributed by atoms with van der Waals surface area (Å²) < 4.78 is 0. The normalized spacial score (nSPS) is 10.9. The van der Waals surface area contributed by atoms with Gasteiger partial charge in [0.15, 0.2) is 0 Å². The molecule has 0 bridgehead atoms. The SMILES string of the molecule is Cc1[nH]c(-c2ccccc2)nc1C(=O)C=CN(C)C. The number of allylic oxidation sites excluding steroid dienone is 1. The number of aromatic nitrogens is 2. The second kappa shape index (κ2) is 5.52. The lowest BCUT2D eigenvalue weighted by Gasteiger charge is -2.01. The number of carbonyl (C=O) groups excluding carboxylic acids is 1. The van der Waals surface area contributed by atoms with Crippen LogP contribution in [0.2, 0.25) is 0 Å². The molecule has 2 aromatic rings. The zero-order chi connectivity index (χ0) is 13.8. The Morgan fingerprint density at radius 2 is 1.95 bits per heavy atom. The van der Waals surface area contributed by atoms with E-state index in [-0.39, 0.29) is 5.78 Å². The molecule has 4 heteroatoms. The number of H-pyrrole nitrogens is 1. The third kappa shape index (κ3) is 3.10. The van der Waals surface area contributed by atoms with Crippen molar-refractivity contribution in [3.63, 3.8) is 0 Å². The zero-order valence-corrected chi connectivity index (χ0v) is 11.3. The van der Waals surface area contributed by atoms with E-state index in [1.807, 2.05) is 56.3 Å². The fourth-order valence-electron chi connectivity index (χ4n) is 1.73. The largest absolute Gasteiger partial charge is 0.383 e. The number of carbonyl (C=O) groups is 1. The van der Waals surface area contributed by atoms with Crippen molar-refractivity contribution in [1.82, 2.24) is 14.9 Å². The first kappa shape index (κ1) is 13.1. The van der Waals surface area contributed by atoms with Gasteiger partial charge in [-0.15, -0.1) is 0 Å². The van der Waals surface area contributed by atoms with Crippen LogP contribution in [0.3, 0.4) is 0 Å². The van der Waals surface area contributed by atoms with E-state index in [0.717, 1.165) is 17.1 Å². The summed E-state index contributed by atoms with van der Waals surface area (Å²) in [4.78, 5) is 21.4. The Bertz CT molecular complexity index is 597. The number of hydrogen-bond acceptors (Lipinski definition) is 3. The Hall–Kier alpha value is -2.36. The highest BCUT2D eigenvalue weighted by molar-refractivity contribution is 6.04. The van der Waals surface area contributed by atoms with Gasteiger partial charge in [0.05, 0.1) is 0 Å². The molecule has 0 radical (unpaired) electrons. The van der Waals surface area contributed by atoms with Crippen LogP contribution in [0.1, 0.15) is 16.2 Å². The smallest absolute Gasteiger partial charge is 0.207 e. The molecule has 0 aliphatic rings. The first-order chi connectivity index (χ1) is 9.08. The first-order valence-corrected chi connectivity index (χ1v) is 6.09. The van der Waals surface area contributed by atoms with Gasteiger partial charge in [-0.1, -0.05) is 30.3 Å². The van der Waals surface area contributed by atoms with Crippen LogP contribution < -0.4 is 0 Å². The highest BCUT2D eigenvalue weighted by Gasteiger charge is 2.13. The molecule has 0 saturated carbocycles. The van der Waals surface area contributed by atoms with Gasteiger partial charge in [0.1, 0.15) is 11.5 Å². The second-order valence-corrected chi connectivity index (χ2v) is 4.57. The van der Waals surface area contributed by atoms with Crippen LogP contribution in [0.5, 0.6) is 0 Å². The van der Waals surface area contributed by atoms with Crippen LogP contribution in [0, 0.1) is 6.92 Å². The van der Waals surface area contributed by atoms with E-state index in [2.05, 4.69) is 9.97 Å². The van der Waals surface area contributed by atoms with Crippen molar-refractivity contribution in [2.75, 3.05) is 14.1 Å². The average molecular weight is 255 g/mol. The lowest BCUT2D eigenvalue weighted by atomic mass is 10.2. The van der Waals surface area contributed by atoms with Crippen LogP contribution in [0.25, 0.3) is 11.4 Å². The van der Waals surface area contributed by atoms with Gasteiger partial charge >= 0.3 is 0 Å². The van der Waals surface area contributed by atoms with Crippen molar-refractivity contribution in [1.29, 1.82) is 0 Å². The Morgan fingerprint density at radius 1 is 1.26 bits per heavy atom. The van der Waals surface area contributed by atoms with Gasteiger partial charge in [-0.3, -0.25) is 4.79 Å². The van der Waals surface area contributed by atoms with Crippen LogP contribution in [-0.2, 0) is 0 Å². The Morgan fingerprint density at radius 3 is 2.58 bits per heavy atom. The molecule has 19 heavy (non-hydrogen) atoms. The topological polar surface area (TPSA) is 49.0 Å². The van der Waals surface area contributed by atoms with Crippen molar-refractivity contribution in [2.45, 2.75) is 6.92 Å². The summed E-state index contributed by atoms with van der Waals surface area (Å²) >= 11 is 0. The number of hydrogen-bond donors (Lipinski definition) is 1. The minimum atomic E-state index is -0.0929. The van der Waals surface area contributed by atoms with Gasteiger partial charge in [0.25, 0.3) is 0 Å². The van der Waals surface area contributed by atoms with Gasteiger partial charge in [-0.2, -0.15) is 0 Å². The van der Waals surface area contributed by atoms with Crippen LogP contribution in [0.15, 0.2) is 42.6 Å². The molecule has 0 aliphatic carbocycles. The fraction of sp³-hybridized carbons (Fsp3) is 0.200. The third-order valence-electron chi connectivity index (χ3n) is 2.69. The molecular weight excluding hydrogens is 238 g/mol. The average Bonchev–Trinajstić information content (AvgIpc) is 2.79. The highest BCUT2D eigenvalue weighted by Crippen LogP contribution is 2.18. The van der Waals surface area contributed by atoms with E-state index < -0.39 is 0 Å². The molecule has 98 valence electrons. The van der Waals surface area contributed by atoms with Gasteiger partial charge in [-0.05, 0) is 6.92 Å². The minimum Gasteiger partial charge on any atom is -0.383 e. The summed E-state index contributed by atoms with van der Waals surface area (Å²) in [5, 5.41) is 0. The number of aryl methyl sites for hydroxylation is 1. The highest BCUT2D eigenvalue weighted by atomic mass is 16.1. The van der Waals surface area contributed by atoms with Gasteiger partial charge in [0, 0.05) is 37.6 Å². The Labute approximate surface area is 112 Å². The Balaban J connectivity index is 2.29. The molecule has 0 aliphatic heterocycles. The molecule has 1 aromatic heterocycles. The molecule has 1 aromatic carbocycles.